The van der Waals surface area contributed by atoms with Crippen molar-refractivity contribution in [1.29, 1.82) is 0 Å². The second kappa shape index (κ2) is 8.19. The van der Waals surface area contributed by atoms with E-state index in [1.165, 1.54) is 11.6 Å². The second-order valence-corrected chi connectivity index (χ2v) is 6.37. The highest BCUT2D eigenvalue weighted by atomic mass is 32.2. The number of hydrogen-bond acceptors (Lipinski definition) is 6. The Morgan fingerprint density at radius 2 is 2.04 bits per heavy atom. The summed E-state index contributed by atoms with van der Waals surface area (Å²) in [5, 5.41) is 12.6. The van der Waals surface area contributed by atoms with Crippen LogP contribution < -0.4 is 10.1 Å². The fourth-order valence-electron chi connectivity index (χ4n) is 1.83. The number of thioether (sulfide) groups is 1. The van der Waals surface area contributed by atoms with Crippen molar-refractivity contribution in [3.8, 4) is 5.75 Å². The molecule has 0 bridgehead atoms. The summed E-state index contributed by atoms with van der Waals surface area (Å²) in [5.41, 5.74) is 0.907. The monoisotopic (exact) mass is 375 g/mol. The van der Waals surface area contributed by atoms with Crippen LogP contribution in [0.25, 0.3) is 0 Å². The van der Waals surface area contributed by atoms with Gasteiger partial charge in [-0.25, -0.2) is 4.68 Å². The molecule has 1 heterocycles. The summed E-state index contributed by atoms with van der Waals surface area (Å²) in [6.07, 6.45) is -4.45. The molecular weight excluding hydrogens is 359 g/mol. The van der Waals surface area contributed by atoms with Gasteiger partial charge in [0.15, 0.2) is 0 Å². The van der Waals surface area contributed by atoms with Crippen LogP contribution in [0.4, 0.5) is 13.2 Å². The summed E-state index contributed by atoms with van der Waals surface area (Å²) in [5.74, 6) is -0.0219. The lowest BCUT2D eigenvalue weighted by Gasteiger charge is -2.13. The highest BCUT2D eigenvalue weighted by Gasteiger charge is 2.29. The number of amides is 1. The Morgan fingerprint density at radius 1 is 1.36 bits per heavy atom. The molecule has 1 amide bonds. The van der Waals surface area contributed by atoms with E-state index >= 15 is 0 Å². The minimum absolute atomic E-state index is 0.338. The molecule has 2 aromatic rings. The highest BCUT2D eigenvalue weighted by molar-refractivity contribution is 8.00. The predicted octanol–water partition coefficient (Wildman–Crippen LogP) is 1.89. The molecule has 25 heavy (non-hydrogen) atoms. The quantitative estimate of drug-likeness (QED) is 0.745. The molecule has 0 radical (unpaired) electrons. The number of nitrogens with one attached hydrogen (secondary N) is 1. The Morgan fingerprint density at radius 3 is 2.64 bits per heavy atom. The molecule has 11 heteroatoms. The third kappa shape index (κ3) is 5.93. The van der Waals surface area contributed by atoms with E-state index in [0.29, 0.717) is 17.5 Å². The summed E-state index contributed by atoms with van der Waals surface area (Å²) in [7, 11) is 1.57. The molecule has 1 N–H and O–H groups in total. The van der Waals surface area contributed by atoms with Crippen molar-refractivity contribution < 1.29 is 22.7 Å². The van der Waals surface area contributed by atoms with Crippen LogP contribution in [0, 0.1) is 0 Å². The largest absolute Gasteiger partial charge is 0.497 e. The van der Waals surface area contributed by atoms with Crippen molar-refractivity contribution in [2.45, 2.75) is 30.1 Å². The standard InChI is InChI=1S/C14H16F3N5O2S/c1-9(12(23)18-8-14(15,16)17)25-13-19-20-21-22(13)7-10-3-5-11(24-2)6-4-10/h3-6,9H,7-8H2,1-2H3,(H,18,23). The summed E-state index contributed by atoms with van der Waals surface area (Å²) in [6.45, 7) is 0.479. The summed E-state index contributed by atoms with van der Waals surface area (Å²) >= 11 is 0.985. The summed E-state index contributed by atoms with van der Waals surface area (Å²) in [4.78, 5) is 11.7. The van der Waals surface area contributed by atoms with Gasteiger partial charge in [0.05, 0.1) is 18.9 Å². The molecule has 1 aromatic carbocycles. The maximum atomic E-state index is 12.2. The number of tetrazole rings is 1. The number of carbonyl (C=O) groups is 1. The van der Waals surface area contributed by atoms with Crippen LogP contribution in [0.1, 0.15) is 12.5 Å². The van der Waals surface area contributed by atoms with E-state index in [2.05, 4.69) is 15.5 Å². The van der Waals surface area contributed by atoms with Crippen LogP contribution in [-0.4, -0.2) is 51.2 Å². The number of halogens is 3. The van der Waals surface area contributed by atoms with Crippen LogP contribution in [0.5, 0.6) is 5.75 Å². The van der Waals surface area contributed by atoms with Crippen LogP contribution in [-0.2, 0) is 11.3 Å². The minimum Gasteiger partial charge on any atom is -0.497 e. The summed E-state index contributed by atoms with van der Waals surface area (Å²) in [6, 6.07) is 7.27. The molecule has 1 unspecified atom stereocenters. The molecule has 1 atom stereocenters. The average molecular weight is 375 g/mol. The maximum Gasteiger partial charge on any atom is 0.405 e. The van der Waals surface area contributed by atoms with Crippen molar-refractivity contribution in [1.82, 2.24) is 25.5 Å². The van der Waals surface area contributed by atoms with Gasteiger partial charge in [-0.2, -0.15) is 13.2 Å². The molecule has 7 nitrogen and oxygen atoms in total. The Kier molecular flexibility index (Phi) is 6.23. The normalized spacial score (nSPS) is 12.7. The second-order valence-electron chi connectivity index (χ2n) is 5.06. The van der Waals surface area contributed by atoms with Crippen molar-refractivity contribution in [2.24, 2.45) is 0 Å². The summed E-state index contributed by atoms with van der Waals surface area (Å²) < 4.78 is 43.0. The molecule has 0 fully saturated rings. The third-order valence-corrected chi connectivity index (χ3v) is 4.18. The predicted molar refractivity (Wildman–Crippen MR) is 84.3 cm³/mol. The van der Waals surface area contributed by atoms with Crippen LogP contribution >= 0.6 is 11.8 Å². The number of carbonyl (C=O) groups excluding carboxylic acids is 1. The Labute approximate surface area is 145 Å². The maximum absolute atomic E-state index is 12.2. The first-order valence-electron chi connectivity index (χ1n) is 7.18. The van der Waals surface area contributed by atoms with Gasteiger partial charge in [0.2, 0.25) is 11.1 Å². The van der Waals surface area contributed by atoms with E-state index < -0.39 is 23.9 Å². The van der Waals surface area contributed by atoms with Crippen molar-refractivity contribution in [2.75, 3.05) is 13.7 Å². The van der Waals surface area contributed by atoms with Crippen LogP contribution in [0.3, 0.4) is 0 Å². The minimum atomic E-state index is -4.45. The van der Waals surface area contributed by atoms with Gasteiger partial charge in [-0.05, 0) is 35.0 Å². The van der Waals surface area contributed by atoms with Crippen molar-refractivity contribution >= 4 is 17.7 Å². The third-order valence-electron chi connectivity index (χ3n) is 3.10. The number of benzene rings is 1. The topological polar surface area (TPSA) is 81.9 Å². The number of hydrogen-bond donors (Lipinski definition) is 1. The van der Waals surface area contributed by atoms with E-state index in [0.717, 1.165) is 17.3 Å². The molecule has 0 aliphatic heterocycles. The molecule has 0 aliphatic rings. The number of alkyl halides is 3. The lowest BCUT2D eigenvalue weighted by Crippen LogP contribution is -2.38. The molecule has 0 saturated heterocycles. The molecule has 136 valence electrons. The van der Waals surface area contributed by atoms with Crippen LogP contribution in [0.2, 0.25) is 0 Å². The van der Waals surface area contributed by atoms with E-state index in [-0.39, 0.29) is 0 Å². The SMILES string of the molecule is COc1ccc(Cn2nnnc2SC(C)C(=O)NCC(F)(F)F)cc1. The number of ether oxygens (including phenoxy) is 1. The Bertz CT molecular complexity index is 705. The van der Waals surface area contributed by atoms with Gasteiger partial charge in [-0.3, -0.25) is 4.79 Å². The van der Waals surface area contributed by atoms with Gasteiger partial charge in [0.1, 0.15) is 12.3 Å². The van der Waals surface area contributed by atoms with E-state index in [1.54, 1.807) is 19.2 Å². The lowest BCUT2D eigenvalue weighted by atomic mass is 10.2. The first-order chi connectivity index (χ1) is 11.8. The van der Waals surface area contributed by atoms with Gasteiger partial charge in [-0.15, -0.1) is 5.10 Å². The van der Waals surface area contributed by atoms with Gasteiger partial charge < -0.3 is 10.1 Å². The highest BCUT2D eigenvalue weighted by Crippen LogP contribution is 2.22. The molecule has 0 spiro atoms. The van der Waals surface area contributed by atoms with E-state index in [9.17, 15) is 18.0 Å². The number of aromatic nitrogens is 4. The lowest BCUT2D eigenvalue weighted by molar-refractivity contribution is -0.137. The van der Waals surface area contributed by atoms with Crippen molar-refractivity contribution in [3.05, 3.63) is 29.8 Å². The number of methoxy groups -OCH3 is 1. The van der Waals surface area contributed by atoms with Crippen molar-refractivity contribution in [3.63, 3.8) is 0 Å². The van der Waals surface area contributed by atoms with Gasteiger partial charge >= 0.3 is 6.18 Å². The van der Waals surface area contributed by atoms with E-state index in [4.69, 9.17) is 4.74 Å². The van der Waals surface area contributed by atoms with Crippen LogP contribution in [0.15, 0.2) is 29.4 Å². The van der Waals surface area contributed by atoms with Gasteiger partial charge in [0, 0.05) is 0 Å². The molecular formula is C14H16F3N5O2S. The number of rotatable bonds is 7. The fourth-order valence-corrected chi connectivity index (χ4v) is 2.64. The first-order valence-corrected chi connectivity index (χ1v) is 8.06. The van der Waals surface area contributed by atoms with Gasteiger partial charge in [-0.1, -0.05) is 23.9 Å². The van der Waals surface area contributed by atoms with Gasteiger partial charge in [0.25, 0.3) is 0 Å². The zero-order valence-corrected chi connectivity index (χ0v) is 14.3. The average Bonchev–Trinajstić information content (AvgIpc) is 2.99. The molecule has 0 aliphatic carbocycles. The zero-order valence-electron chi connectivity index (χ0n) is 13.4. The Hall–Kier alpha value is -2.30. The molecule has 1 aromatic heterocycles. The zero-order chi connectivity index (χ0) is 18.4. The fraction of sp³-hybridized carbons (Fsp3) is 0.429. The molecule has 0 saturated carbocycles. The smallest absolute Gasteiger partial charge is 0.405 e. The van der Waals surface area contributed by atoms with E-state index in [1.807, 2.05) is 17.4 Å². The Balaban J connectivity index is 1.97. The first kappa shape index (κ1) is 19.0. The molecule has 2 rings (SSSR count). The number of nitrogens with zero attached hydrogens (tertiary/aromatic N) is 4.